The first kappa shape index (κ1) is 13.1. The van der Waals surface area contributed by atoms with Gasteiger partial charge < -0.3 is 15.5 Å². The summed E-state index contributed by atoms with van der Waals surface area (Å²) >= 11 is 0. The minimum absolute atomic E-state index is 0.466. The highest BCUT2D eigenvalue weighted by Crippen LogP contribution is 2.23. The smallest absolute Gasteiger partial charge is 0.225 e. The highest BCUT2D eigenvalue weighted by atomic mass is 15.2. The summed E-state index contributed by atoms with van der Waals surface area (Å²) in [6.07, 6.45) is 1.16. The Kier molecular flexibility index (Phi) is 3.69. The molecule has 2 N–H and O–H groups in total. The van der Waals surface area contributed by atoms with Gasteiger partial charge in [0.15, 0.2) is 0 Å². The van der Waals surface area contributed by atoms with E-state index in [0.29, 0.717) is 12.0 Å². The molecule has 0 spiro atoms. The Labute approximate surface area is 119 Å². The van der Waals surface area contributed by atoms with Crippen LogP contribution in [0, 0.1) is 0 Å². The van der Waals surface area contributed by atoms with Crippen molar-refractivity contribution in [2.24, 2.45) is 0 Å². The van der Waals surface area contributed by atoms with Gasteiger partial charge in [-0.25, -0.2) is 4.98 Å². The van der Waals surface area contributed by atoms with Crippen LogP contribution < -0.4 is 10.6 Å². The molecule has 106 valence electrons. The standard InChI is InChI=1S/C15H21N5/c1-3-16-15-18-13-7-5-4-6-12(13)14(19-15)17-11-8-9-20(2)10-11/h4-7,11H,3,8-10H2,1-2H3,(H2,16,17,18,19). The number of para-hydroxylation sites is 1. The molecule has 2 heterocycles. The second kappa shape index (κ2) is 5.63. The molecule has 5 heteroatoms. The maximum absolute atomic E-state index is 4.63. The Morgan fingerprint density at radius 3 is 2.90 bits per heavy atom. The van der Waals surface area contributed by atoms with E-state index in [4.69, 9.17) is 0 Å². The Balaban J connectivity index is 1.94. The van der Waals surface area contributed by atoms with E-state index in [1.165, 1.54) is 0 Å². The van der Waals surface area contributed by atoms with Gasteiger partial charge in [0, 0.05) is 24.5 Å². The number of aromatic nitrogens is 2. The molecule has 0 radical (unpaired) electrons. The zero-order valence-electron chi connectivity index (χ0n) is 12.1. The van der Waals surface area contributed by atoms with Gasteiger partial charge in [-0.15, -0.1) is 0 Å². The number of hydrogen-bond acceptors (Lipinski definition) is 5. The number of anilines is 2. The quantitative estimate of drug-likeness (QED) is 0.892. The molecule has 0 saturated carbocycles. The summed E-state index contributed by atoms with van der Waals surface area (Å²) in [7, 11) is 2.16. The van der Waals surface area contributed by atoms with Gasteiger partial charge in [-0.1, -0.05) is 12.1 Å². The van der Waals surface area contributed by atoms with E-state index >= 15 is 0 Å². The fraction of sp³-hybridized carbons (Fsp3) is 0.467. The normalized spacial score (nSPS) is 19.4. The van der Waals surface area contributed by atoms with Crippen molar-refractivity contribution in [1.29, 1.82) is 0 Å². The molecule has 1 saturated heterocycles. The minimum Gasteiger partial charge on any atom is -0.365 e. The average molecular weight is 271 g/mol. The van der Waals surface area contributed by atoms with Crippen LogP contribution in [0.2, 0.25) is 0 Å². The van der Waals surface area contributed by atoms with Crippen molar-refractivity contribution < 1.29 is 0 Å². The highest BCUT2D eigenvalue weighted by molar-refractivity contribution is 5.90. The fourth-order valence-electron chi connectivity index (χ4n) is 2.67. The lowest BCUT2D eigenvalue weighted by Gasteiger charge is -2.16. The van der Waals surface area contributed by atoms with E-state index in [2.05, 4.69) is 45.5 Å². The molecule has 0 bridgehead atoms. The number of nitrogens with zero attached hydrogens (tertiary/aromatic N) is 3. The summed E-state index contributed by atoms with van der Waals surface area (Å²) < 4.78 is 0. The van der Waals surface area contributed by atoms with Crippen LogP contribution in [0.3, 0.4) is 0 Å². The summed E-state index contributed by atoms with van der Waals surface area (Å²) in [4.78, 5) is 11.5. The molecule has 1 aromatic heterocycles. The SMILES string of the molecule is CCNc1nc(NC2CCN(C)C2)c2ccccc2n1. The molecule has 1 unspecified atom stereocenters. The lowest BCUT2D eigenvalue weighted by atomic mass is 10.2. The van der Waals surface area contributed by atoms with E-state index in [1.807, 2.05) is 18.2 Å². The second-order valence-electron chi connectivity index (χ2n) is 5.34. The summed E-state index contributed by atoms with van der Waals surface area (Å²) in [5.41, 5.74) is 0.979. The Bertz CT molecular complexity index is 598. The van der Waals surface area contributed by atoms with E-state index < -0.39 is 0 Å². The summed E-state index contributed by atoms with van der Waals surface area (Å²) in [6.45, 7) is 5.08. The summed E-state index contributed by atoms with van der Waals surface area (Å²) in [5, 5.41) is 7.87. The Hall–Kier alpha value is -1.88. The third-order valence-electron chi connectivity index (χ3n) is 3.67. The lowest BCUT2D eigenvalue weighted by Crippen LogP contribution is -2.24. The number of likely N-dealkylation sites (tertiary alicyclic amines) is 1. The third-order valence-corrected chi connectivity index (χ3v) is 3.67. The molecule has 2 aromatic rings. The van der Waals surface area contributed by atoms with Gasteiger partial charge in [0.05, 0.1) is 5.52 Å². The molecule has 0 amide bonds. The van der Waals surface area contributed by atoms with E-state index in [-0.39, 0.29) is 0 Å². The molecule has 5 nitrogen and oxygen atoms in total. The molecule has 1 atom stereocenters. The number of nitrogens with one attached hydrogen (secondary N) is 2. The van der Waals surface area contributed by atoms with Crippen molar-refractivity contribution in [3.05, 3.63) is 24.3 Å². The van der Waals surface area contributed by atoms with Gasteiger partial charge in [0.25, 0.3) is 0 Å². The average Bonchev–Trinajstić information content (AvgIpc) is 2.85. The first-order chi connectivity index (χ1) is 9.76. The monoisotopic (exact) mass is 271 g/mol. The molecule has 3 rings (SSSR count). The predicted octanol–water partition coefficient (Wildman–Crippen LogP) is 2.18. The topological polar surface area (TPSA) is 53.1 Å². The van der Waals surface area contributed by atoms with Crippen molar-refractivity contribution in [1.82, 2.24) is 14.9 Å². The predicted molar refractivity (Wildman–Crippen MR) is 83.2 cm³/mol. The number of rotatable bonds is 4. The fourth-order valence-corrected chi connectivity index (χ4v) is 2.67. The van der Waals surface area contributed by atoms with Crippen molar-refractivity contribution in [2.45, 2.75) is 19.4 Å². The minimum atomic E-state index is 0.466. The number of benzene rings is 1. The van der Waals surface area contributed by atoms with Crippen LogP contribution in [-0.2, 0) is 0 Å². The lowest BCUT2D eigenvalue weighted by molar-refractivity contribution is 0.414. The maximum atomic E-state index is 4.63. The Morgan fingerprint density at radius 1 is 1.30 bits per heavy atom. The first-order valence-electron chi connectivity index (χ1n) is 7.22. The van der Waals surface area contributed by atoms with Crippen LogP contribution in [0.15, 0.2) is 24.3 Å². The van der Waals surface area contributed by atoms with Gasteiger partial charge in [0.1, 0.15) is 5.82 Å². The van der Waals surface area contributed by atoms with E-state index in [9.17, 15) is 0 Å². The van der Waals surface area contributed by atoms with Crippen molar-refractivity contribution in [3.63, 3.8) is 0 Å². The van der Waals surface area contributed by atoms with Crippen LogP contribution in [0.1, 0.15) is 13.3 Å². The highest BCUT2D eigenvalue weighted by Gasteiger charge is 2.20. The van der Waals surface area contributed by atoms with Crippen molar-refractivity contribution in [3.8, 4) is 0 Å². The molecular weight excluding hydrogens is 250 g/mol. The van der Waals surface area contributed by atoms with E-state index in [1.54, 1.807) is 0 Å². The molecular formula is C15H21N5. The van der Waals surface area contributed by atoms with Crippen molar-refractivity contribution in [2.75, 3.05) is 37.3 Å². The number of likely N-dealkylation sites (N-methyl/N-ethyl adjacent to an activating group) is 1. The molecule has 1 fully saturated rings. The van der Waals surface area contributed by atoms with Crippen molar-refractivity contribution >= 4 is 22.7 Å². The van der Waals surface area contributed by atoms with Crippen LogP contribution in [0.25, 0.3) is 10.9 Å². The first-order valence-corrected chi connectivity index (χ1v) is 7.22. The van der Waals surface area contributed by atoms with E-state index in [0.717, 1.165) is 42.8 Å². The molecule has 0 aliphatic carbocycles. The van der Waals surface area contributed by atoms with Crippen LogP contribution in [-0.4, -0.2) is 47.6 Å². The molecule has 1 aliphatic rings. The zero-order chi connectivity index (χ0) is 13.9. The summed E-state index contributed by atoms with van der Waals surface area (Å²) in [6, 6.07) is 8.62. The third kappa shape index (κ3) is 2.67. The number of hydrogen-bond donors (Lipinski definition) is 2. The molecule has 20 heavy (non-hydrogen) atoms. The molecule has 1 aliphatic heterocycles. The maximum Gasteiger partial charge on any atom is 0.225 e. The number of fused-ring (bicyclic) bond motifs is 1. The van der Waals surface area contributed by atoms with Crippen LogP contribution in [0.4, 0.5) is 11.8 Å². The summed E-state index contributed by atoms with van der Waals surface area (Å²) in [5.74, 6) is 1.63. The van der Waals surface area contributed by atoms with Crippen LogP contribution in [0.5, 0.6) is 0 Å². The van der Waals surface area contributed by atoms with Gasteiger partial charge in [0.2, 0.25) is 5.95 Å². The second-order valence-corrected chi connectivity index (χ2v) is 5.34. The largest absolute Gasteiger partial charge is 0.365 e. The van der Waals surface area contributed by atoms with Gasteiger partial charge in [-0.2, -0.15) is 4.98 Å². The van der Waals surface area contributed by atoms with Gasteiger partial charge in [-0.05, 0) is 39.1 Å². The van der Waals surface area contributed by atoms with Gasteiger partial charge >= 0.3 is 0 Å². The van der Waals surface area contributed by atoms with Gasteiger partial charge in [-0.3, -0.25) is 0 Å². The van der Waals surface area contributed by atoms with Crippen LogP contribution >= 0.6 is 0 Å². The zero-order valence-corrected chi connectivity index (χ0v) is 12.1. The Morgan fingerprint density at radius 2 is 2.15 bits per heavy atom. The molecule has 1 aromatic carbocycles.